The molecule has 0 amide bonds. The van der Waals surface area contributed by atoms with Crippen LogP contribution < -0.4 is 5.56 Å². The van der Waals surface area contributed by atoms with Crippen molar-refractivity contribution in [3.63, 3.8) is 0 Å². The average Bonchev–Trinajstić information content (AvgIpc) is 3.19. The predicted octanol–water partition coefficient (Wildman–Crippen LogP) is 3.33. The van der Waals surface area contributed by atoms with Crippen LogP contribution >= 0.6 is 23.1 Å². The third kappa shape index (κ3) is 4.76. The fourth-order valence-electron chi connectivity index (χ4n) is 3.43. The van der Waals surface area contributed by atoms with Crippen molar-refractivity contribution in [1.82, 2.24) is 14.5 Å². The minimum atomic E-state index is -0.298. The molecule has 3 aromatic rings. The predicted molar refractivity (Wildman–Crippen MR) is 119 cm³/mol. The van der Waals surface area contributed by atoms with E-state index in [0.29, 0.717) is 28.5 Å². The van der Waals surface area contributed by atoms with E-state index in [9.17, 15) is 9.18 Å². The number of rotatable bonds is 8. The van der Waals surface area contributed by atoms with Gasteiger partial charge in [-0.05, 0) is 17.7 Å². The van der Waals surface area contributed by atoms with E-state index in [1.807, 2.05) is 5.38 Å². The number of aromatic nitrogens is 2. The molecule has 0 radical (unpaired) electrons. The molecule has 1 aliphatic rings. The lowest BCUT2D eigenvalue weighted by molar-refractivity contribution is 0.0410. The van der Waals surface area contributed by atoms with Crippen LogP contribution in [0.3, 0.4) is 0 Å². The lowest BCUT2D eigenvalue weighted by Crippen LogP contribution is -2.37. The molecule has 30 heavy (non-hydrogen) atoms. The van der Waals surface area contributed by atoms with Crippen molar-refractivity contribution in [2.24, 2.45) is 0 Å². The Bertz CT molecular complexity index is 1050. The number of benzene rings is 1. The molecule has 0 unspecified atom stereocenters. The number of nitrogens with zero attached hydrogens (tertiary/aromatic N) is 3. The lowest BCUT2D eigenvalue weighted by atomic mass is 10.1. The van der Waals surface area contributed by atoms with Crippen molar-refractivity contribution in [3.05, 3.63) is 45.8 Å². The molecule has 0 aliphatic carbocycles. The Kier molecular flexibility index (Phi) is 7.16. The van der Waals surface area contributed by atoms with Gasteiger partial charge in [-0.2, -0.15) is 0 Å². The number of morpholine rings is 1. The third-order valence-corrected chi connectivity index (χ3v) is 6.90. The van der Waals surface area contributed by atoms with Crippen molar-refractivity contribution >= 4 is 33.3 Å². The second-order valence-electron chi connectivity index (χ2n) is 6.98. The molecule has 6 nitrogen and oxygen atoms in total. The SMILES string of the molecule is COCCn1c(SCCN2CCOCC2)nc2scc(-c3ccc(F)cc3)c2c1=O. The molecule has 9 heteroatoms. The van der Waals surface area contributed by atoms with Crippen molar-refractivity contribution in [1.29, 1.82) is 0 Å². The molecule has 1 aliphatic heterocycles. The number of thiophene rings is 1. The molecule has 1 aromatic carbocycles. The van der Waals surface area contributed by atoms with Gasteiger partial charge in [0.1, 0.15) is 10.6 Å². The topological polar surface area (TPSA) is 56.6 Å². The number of hydrogen-bond donors (Lipinski definition) is 0. The standard InChI is InChI=1S/C21H24FN3O3S2/c1-27-10-8-25-20(26)18-17(15-2-4-16(22)5-3-15)14-30-19(18)23-21(25)29-13-9-24-6-11-28-12-7-24/h2-5,14H,6-13H2,1H3. The van der Waals surface area contributed by atoms with Gasteiger partial charge in [-0.25, -0.2) is 9.37 Å². The Hall–Kier alpha value is -1.78. The molecule has 160 valence electrons. The molecule has 3 heterocycles. The summed E-state index contributed by atoms with van der Waals surface area (Å²) in [7, 11) is 1.62. The van der Waals surface area contributed by atoms with E-state index in [0.717, 1.165) is 49.7 Å². The highest BCUT2D eigenvalue weighted by atomic mass is 32.2. The van der Waals surface area contributed by atoms with E-state index in [-0.39, 0.29) is 11.4 Å². The Morgan fingerprint density at radius 1 is 1.23 bits per heavy atom. The van der Waals surface area contributed by atoms with Gasteiger partial charge in [0.2, 0.25) is 0 Å². The molecule has 1 saturated heterocycles. The van der Waals surface area contributed by atoms with Gasteiger partial charge in [0.25, 0.3) is 5.56 Å². The lowest BCUT2D eigenvalue weighted by Gasteiger charge is -2.26. The Morgan fingerprint density at radius 3 is 2.73 bits per heavy atom. The zero-order valence-electron chi connectivity index (χ0n) is 16.8. The van der Waals surface area contributed by atoms with Crippen LogP contribution in [0.2, 0.25) is 0 Å². The van der Waals surface area contributed by atoms with Crippen molar-refractivity contribution in [2.45, 2.75) is 11.7 Å². The normalized spacial score (nSPS) is 15.1. The summed E-state index contributed by atoms with van der Waals surface area (Å²) in [5.74, 6) is 0.550. The maximum Gasteiger partial charge on any atom is 0.263 e. The largest absolute Gasteiger partial charge is 0.383 e. The maximum atomic E-state index is 13.4. The molecule has 2 aromatic heterocycles. The number of ether oxygens (including phenoxy) is 2. The quantitative estimate of drug-likeness (QED) is 0.388. The van der Waals surface area contributed by atoms with Gasteiger partial charge in [0, 0.05) is 43.4 Å². The first kappa shape index (κ1) is 21.5. The molecule has 4 rings (SSSR count). The summed E-state index contributed by atoms with van der Waals surface area (Å²) in [5.41, 5.74) is 1.53. The van der Waals surface area contributed by atoms with Crippen LogP contribution in [0.1, 0.15) is 0 Å². The van der Waals surface area contributed by atoms with Gasteiger partial charge in [0.05, 0.1) is 31.8 Å². The molecule has 0 bridgehead atoms. The van der Waals surface area contributed by atoms with Crippen LogP contribution in [0.25, 0.3) is 21.3 Å². The van der Waals surface area contributed by atoms with Crippen molar-refractivity contribution in [3.8, 4) is 11.1 Å². The van der Waals surface area contributed by atoms with Crippen LogP contribution in [-0.2, 0) is 16.0 Å². The maximum absolute atomic E-state index is 13.4. The van der Waals surface area contributed by atoms with Crippen LogP contribution in [0.15, 0.2) is 39.6 Å². The first-order valence-electron chi connectivity index (χ1n) is 9.87. The van der Waals surface area contributed by atoms with Crippen LogP contribution in [0.5, 0.6) is 0 Å². The number of methoxy groups -OCH3 is 1. The van der Waals surface area contributed by atoms with Gasteiger partial charge in [-0.3, -0.25) is 14.3 Å². The van der Waals surface area contributed by atoms with Gasteiger partial charge in [-0.1, -0.05) is 23.9 Å². The van der Waals surface area contributed by atoms with Crippen LogP contribution in [0, 0.1) is 5.82 Å². The molecule has 1 fully saturated rings. The zero-order chi connectivity index (χ0) is 20.9. The second kappa shape index (κ2) is 10.0. The summed E-state index contributed by atoms with van der Waals surface area (Å²) < 4.78 is 25.6. The van der Waals surface area contributed by atoms with E-state index in [2.05, 4.69) is 4.90 Å². The van der Waals surface area contributed by atoms with E-state index in [4.69, 9.17) is 14.5 Å². The number of fused-ring (bicyclic) bond motifs is 1. The zero-order valence-corrected chi connectivity index (χ0v) is 18.4. The Balaban J connectivity index is 1.64. The number of thioether (sulfide) groups is 1. The summed E-state index contributed by atoms with van der Waals surface area (Å²) in [4.78, 5) is 21.3. The smallest absolute Gasteiger partial charge is 0.263 e. The highest BCUT2D eigenvalue weighted by molar-refractivity contribution is 7.99. The highest BCUT2D eigenvalue weighted by Gasteiger charge is 2.18. The Labute approximate surface area is 182 Å². The first-order chi connectivity index (χ1) is 14.7. The molecule has 0 spiro atoms. The second-order valence-corrected chi connectivity index (χ2v) is 8.90. The first-order valence-corrected chi connectivity index (χ1v) is 11.7. The monoisotopic (exact) mass is 449 g/mol. The summed E-state index contributed by atoms with van der Waals surface area (Å²) in [6.45, 7) is 5.23. The van der Waals surface area contributed by atoms with E-state index >= 15 is 0 Å². The van der Waals surface area contributed by atoms with Crippen molar-refractivity contribution in [2.75, 3.05) is 52.3 Å². The average molecular weight is 450 g/mol. The minimum absolute atomic E-state index is 0.0773. The molecule has 0 atom stereocenters. The van der Waals surface area contributed by atoms with E-state index < -0.39 is 0 Å². The molecular formula is C21H24FN3O3S2. The summed E-state index contributed by atoms with van der Waals surface area (Å²) in [6.07, 6.45) is 0. The Morgan fingerprint density at radius 2 is 2.00 bits per heavy atom. The van der Waals surface area contributed by atoms with E-state index in [1.165, 1.54) is 23.5 Å². The van der Waals surface area contributed by atoms with Gasteiger partial charge in [0.15, 0.2) is 5.16 Å². The summed E-state index contributed by atoms with van der Waals surface area (Å²) in [5, 5.41) is 3.22. The van der Waals surface area contributed by atoms with Crippen LogP contribution in [0.4, 0.5) is 4.39 Å². The van der Waals surface area contributed by atoms with Gasteiger partial charge in [-0.15, -0.1) is 11.3 Å². The highest BCUT2D eigenvalue weighted by Crippen LogP contribution is 2.32. The summed E-state index contributed by atoms with van der Waals surface area (Å²) >= 11 is 3.04. The molecule has 0 saturated carbocycles. The molecule has 0 N–H and O–H groups in total. The third-order valence-electron chi connectivity index (χ3n) is 5.08. The fraction of sp³-hybridized carbons (Fsp3) is 0.429. The number of hydrogen-bond acceptors (Lipinski definition) is 7. The van der Waals surface area contributed by atoms with Gasteiger partial charge < -0.3 is 9.47 Å². The fourth-order valence-corrected chi connectivity index (χ4v) is 5.44. The summed E-state index contributed by atoms with van der Waals surface area (Å²) in [6, 6.07) is 6.21. The van der Waals surface area contributed by atoms with Gasteiger partial charge >= 0.3 is 0 Å². The van der Waals surface area contributed by atoms with Crippen LogP contribution in [-0.4, -0.2) is 66.8 Å². The van der Waals surface area contributed by atoms with Crippen molar-refractivity contribution < 1.29 is 13.9 Å². The van der Waals surface area contributed by atoms with E-state index in [1.54, 1.807) is 35.6 Å². The number of halogens is 1. The minimum Gasteiger partial charge on any atom is -0.383 e. The molecular weight excluding hydrogens is 425 g/mol.